The summed E-state index contributed by atoms with van der Waals surface area (Å²) < 4.78 is 0. The smallest absolute Gasteiger partial charge is 0.407 e. The number of halogens is 2. The van der Waals surface area contributed by atoms with Crippen LogP contribution >= 0.6 is 24.8 Å². The summed E-state index contributed by atoms with van der Waals surface area (Å²) in [5, 5.41) is 9.00. The van der Waals surface area contributed by atoms with E-state index in [9.17, 15) is 4.79 Å². The maximum Gasteiger partial charge on any atom is 0.407 e. The lowest BCUT2D eigenvalue weighted by atomic mass is 10.1. The van der Waals surface area contributed by atoms with Crippen LogP contribution in [0.1, 0.15) is 57.8 Å². The molecule has 0 bridgehead atoms. The number of nitrogens with two attached hydrogens (primary N) is 2. The monoisotopic (exact) mass is 345 g/mol. The second-order valence-corrected chi connectivity index (χ2v) is 5.03. The minimum atomic E-state index is -0.824. The van der Waals surface area contributed by atoms with Crippen LogP contribution in [-0.2, 0) is 0 Å². The maximum atomic E-state index is 10.9. The van der Waals surface area contributed by atoms with Crippen LogP contribution < -0.4 is 11.5 Å². The highest BCUT2D eigenvalue weighted by Gasteiger charge is 2.09. The van der Waals surface area contributed by atoms with Crippen LogP contribution in [0.4, 0.5) is 4.79 Å². The second-order valence-electron chi connectivity index (χ2n) is 5.03. The van der Waals surface area contributed by atoms with Crippen LogP contribution in [0, 0.1) is 0 Å². The largest absolute Gasteiger partial charge is 0.465 e. The zero-order valence-electron chi connectivity index (χ0n) is 13.0. The fourth-order valence-electron chi connectivity index (χ4n) is 2.09. The van der Waals surface area contributed by atoms with Crippen LogP contribution in [0.2, 0.25) is 0 Å². The Balaban J connectivity index is -0.00000162. The van der Waals surface area contributed by atoms with Gasteiger partial charge in [-0.15, -0.1) is 24.8 Å². The van der Waals surface area contributed by atoms with E-state index in [-0.39, 0.29) is 24.8 Å². The van der Waals surface area contributed by atoms with Crippen molar-refractivity contribution in [2.24, 2.45) is 11.5 Å². The highest BCUT2D eigenvalue weighted by molar-refractivity contribution is 5.85. The number of unbranched alkanes of at least 4 members (excludes halogenated alkanes) is 7. The molecule has 0 atom stereocenters. The van der Waals surface area contributed by atoms with Crippen LogP contribution in [0.5, 0.6) is 0 Å². The Hall–Kier alpha value is -0.230. The SMILES string of the molecule is Cl.Cl.NCCCCCCCCCCN(CCCN)C(=O)O. The minimum absolute atomic E-state index is 0. The number of carbonyl (C=O) groups is 1. The Kier molecular flexibility index (Phi) is 24.2. The molecule has 0 rings (SSSR count). The van der Waals surface area contributed by atoms with Crippen molar-refractivity contribution in [1.29, 1.82) is 0 Å². The predicted molar refractivity (Wildman–Crippen MR) is 93.8 cm³/mol. The normalized spacial score (nSPS) is 9.62. The van der Waals surface area contributed by atoms with Crippen LogP contribution in [-0.4, -0.2) is 42.3 Å². The van der Waals surface area contributed by atoms with Crippen molar-refractivity contribution in [2.75, 3.05) is 26.2 Å². The van der Waals surface area contributed by atoms with Crippen molar-refractivity contribution in [3.05, 3.63) is 0 Å². The molecular formula is C14H33Cl2N3O2. The average Bonchev–Trinajstić information content (AvgIpc) is 2.39. The molecular weight excluding hydrogens is 313 g/mol. The van der Waals surface area contributed by atoms with Gasteiger partial charge in [0.2, 0.25) is 0 Å². The van der Waals surface area contributed by atoms with Crippen molar-refractivity contribution >= 4 is 30.9 Å². The first-order valence-electron chi connectivity index (χ1n) is 7.60. The van der Waals surface area contributed by atoms with E-state index in [0.717, 1.165) is 32.2 Å². The van der Waals surface area contributed by atoms with Gasteiger partial charge in [0.1, 0.15) is 0 Å². The number of amides is 1. The van der Waals surface area contributed by atoms with E-state index in [2.05, 4.69) is 0 Å². The van der Waals surface area contributed by atoms with Gasteiger partial charge in [-0.05, 0) is 32.4 Å². The molecule has 0 aliphatic carbocycles. The summed E-state index contributed by atoms with van der Waals surface area (Å²) in [7, 11) is 0. The third-order valence-corrected chi connectivity index (χ3v) is 3.28. The quantitative estimate of drug-likeness (QED) is 0.446. The zero-order chi connectivity index (χ0) is 14.3. The number of hydrogen-bond acceptors (Lipinski definition) is 3. The first-order chi connectivity index (χ1) is 9.22. The van der Waals surface area contributed by atoms with Crippen molar-refractivity contribution in [3.63, 3.8) is 0 Å². The van der Waals surface area contributed by atoms with E-state index in [1.54, 1.807) is 0 Å². The van der Waals surface area contributed by atoms with E-state index < -0.39 is 6.09 Å². The summed E-state index contributed by atoms with van der Waals surface area (Å²) in [5.41, 5.74) is 10.8. The van der Waals surface area contributed by atoms with Gasteiger partial charge in [0.25, 0.3) is 0 Å². The van der Waals surface area contributed by atoms with Gasteiger partial charge in [-0.3, -0.25) is 0 Å². The molecule has 0 heterocycles. The molecule has 5 nitrogen and oxygen atoms in total. The summed E-state index contributed by atoms with van der Waals surface area (Å²) in [6.07, 6.45) is 9.36. The van der Waals surface area contributed by atoms with Gasteiger partial charge in [-0.25, -0.2) is 4.79 Å². The van der Waals surface area contributed by atoms with Gasteiger partial charge >= 0.3 is 6.09 Å². The highest BCUT2D eigenvalue weighted by atomic mass is 35.5. The Bertz CT molecular complexity index is 222. The van der Waals surface area contributed by atoms with E-state index in [1.807, 2.05) is 0 Å². The van der Waals surface area contributed by atoms with Crippen LogP contribution in [0.3, 0.4) is 0 Å². The second kappa shape index (κ2) is 19.8. The lowest BCUT2D eigenvalue weighted by Crippen LogP contribution is -2.32. The standard InChI is InChI=1S/C14H31N3O2.2ClH/c15-10-7-5-3-1-2-4-6-8-12-17(14(18)19)13-9-11-16;;/h1-13,15-16H2,(H,18,19);2*1H. The van der Waals surface area contributed by atoms with E-state index in [0.29, 0.717) is 19.6 Å². The molecule has 0 radical (unpaired) electrons. The molecule has 0 saturated carbocycles. The Morgan fingerprint density at radius 2 is 1.10 bits per heavy atom. The van der Waals surface area contributed by atoms with E-state index in [1.165, 1.54) is 37.0 Å². The van der Waals surface area contributed by atoms with Crippen LogP contribution in [0.25, 0.3) is 0 Å². The molecule has 7 heteroatoms. The van der Waals surface area contributed by atoms with Gasteiger partial charge in [0, 0.05) is 13.1 Å². The molecule has 0 fully saturated rings. The third-order valence-electron chi connectivity index (χ3n) is 3.28. The molecule has 5 N–H and O–H groups in total. The summed E-state index contributed by atoms with van der Waals surface area (Å²) in [6.45, 7) is 2.55. The first-order valence-corrected chi connectivity index (χ1v) is 7.60. The molecule has 0 aromatic carbocycles. The topological polar surface area (TPSA) is 92.6 Å². The molecule has 0 aromatic rings. The van der Waals surface area contributed by atoms with Gasteiger partial charge in [0.05, 0.1) is 0 Å². The predicted octanol–water partition coefficient (Wildman–Crippen LogP) is 3.24. The first kappa shape index (κ1) is 25.7. The molecule has 0 aliphatic rings. The molecule has 0 aromatic heterocycles. The van der Waals surface area contributed by atoms with Crippen LogP contribution in [0.15, 0.2) is 0 Å². The molecule has 21 heavy (non-hydrogen) atoms. The summed E-state index contributed by atoms with van der Waals surface area (Å²) >= 11 is 0. The molecule has 0 aliphatic heterocycles. The Morgan fingerprint density at radius 1 is 0.714 bits per heavy atom. The zero-order valence-corrected chi connectivity index (χ0v) is 14.6. The van der Waals surface area contributed by atoms with Gasteiger partial charge < -0.3 is 21.5 Å². The van der Waals surface area contributed by atoms with Crippen molar-refractivity contribution < 1.29 is 9.90 Å². The minimum Gasteiger partial charge on any atom is -0.465 e. The molecule has 0 unspecified atom stereocenters. The highest BCUT2D eigenvalue weighted by Crippen LogP contribution is 2.09. The summed E-state index contributed by atoms with van der Waals surface area (Å²) in [5.74, 6) is 0. The lowest BCUT2D eigenvalue weighted by Gasteiger charge is -2.18. The average molecular weight is 346 g/mol. The van der Waals surface area contributed by atoms with E-state index in [4.69, 9.17) is 16.6 Å². The maximum absolute atomic E-state index is 10.9. The number of hydrogen-bond donors (Lipinski definition) is 3. The van der Waals surface area contributed by atoms with Crippen molar-refractivity contribution in [3.8, 4) is 0 Å². The van der Waals surface area contributed by atoms with Gasteiger partial charge in [-0.1, -0.05) is 38.5 Å². The van der Waals surface area contributed by atoms with Gasteiger partial charge in [0.15, 0.2) is 0 Å². The van der Waals surface area contributed by atoms with Crippen molar-refractivity contribution in [2.45, 2.75) is 57.8 Å². The number of rotatable bonds is 13. The molecule has 130 valence electrons. The molecule has 1 amide bonds. The summed E-state index contributed by atoms with van der Waals surface area (Å²) in [6, 6.07) is 0. The Labute approximate surface area is 141 Å². The third kappa shape index (κ3) is 17.7. The fourth-order valence-corrected chi connectivity index (χ4v) is 2.09. The number of carboxylic acid groups (broad SMARTS) is 1. The fraction of sp³-hybridized carbons (Fsp3) is 0.929. The van der Waals surface area contributed by atoms with Crippen molar-refractivity contribution in [1.82, 2.24) is 4.90 Å². The lowest BCUT2D eigenvalue weighted by molar-refractivity contribution is 0.144. The molecule has 0 spiro atoms. The Morgan fingerprint density at radius 3 is 1.52 bits per heavy atom. The van der Waals surface area contributed by atoms with E-state index >= 15 is 0 Å². The summed E-state index contributed by atoms with van der Waals surface area (Å²) in [4.78, 5) is 12.4. The molecule has 0 saturated heterocycles. The number of nitrogens with zero attached hydrogens (tertiary/aromatic N) is 1. The van der Waals surface area contributed by atoms with Gasteiger partial charge in [-0.2, -0.15) is 0 Å².